The molecule has 0 atom stereocenters. The first-order valence-corrected chi connectivity index (χ1v) is 3.81. The topological polar surface area (TPSA) is 53.1 Å². The van der Waals surface area contributed by atoms with Crippen molar-refractivity contribution in [3.8, 4) is 0 Å². The maximum absolute atomic E-state index is 7.09. The van der Waals surface area contributed by atoms with Crippen molar-refractivity contribution < 1.29 is 0 Å². The standard InChI is InChI=1S/C7H15N3/c1-2-10(5-7(8)9)6-3-4-6/h6H,2-5H2,1H3,(H3,8,9). The maximum atomic E-state index is 7.09. The highest BCUT2D eigenvalue weighted by molar-refractivity contribution is 5.79. The molecule has 10 heavy (non-hydrogen) atoms. The Bertz CT molecular complexity index is 129. The molecule has 0 heterocycles. The molecular weight excluding hydrogens is 126 g/mol. The van der Waals surface area contributed by atoms with Crippen LogP contribution in [0.15, 0.2) is 0 Å². The van der Waals surface area contributed by atoms with Crippen molar-refractivity contribution in [1.29, 1.82) is 5.41 Å². The van der Waals surface area contributed by atoms with Crippen LogP contribution in [0.1, 0.15) is 19.8 Å². The van der Waals surface area contributed by atoms with Gasteiger partial charge in [-0.1, -0.05) is 6.92 Å². The van der Waals surface area contributed by atoms with Gasteiger partial charge in [0, 0.05) is 6.04 Å². The van der Waals surface area contributed by atoms with Crippen molar-refractivity contribution in [3.05, 3.63) is 0 Å². The van der Waals surface area contributed by atoms with Crippen LogP contribution in [0, 0.1) is 5.41 Å². The van der Waals surface area contributed by atoms with E-state index in [2.05, 4.69) is 11.8 Å². The lowest BCUT2D eigenvalue weighted by atomic mass is 10.4. The fourth-order valence-electron chi connectivity index (χ4n) is 1.16. The molecule has 0 aromatic heterocycles. The number of nitrogens with one attached hydrogen (secondary N) is 1. The van der Waals surface area contributed by atoms with E-state index in [-0.39, 0.29) is 5.84 Å². The average Bonchev–Trinajstić information content (AvgIpc) is 2.63. The highest BCUT2D eigenvalue weighted by Crippen LogP contribution is 2.25. The minimum atomic E-state index is 0.286. The minimum absolute atomic E-state index is 0.286. The van der Waals surface area contributed by atoms with Crippen molar-refractivity contribution in [2.75, 3.05) is 13.1 Å². The van der Waals surface area contributed by atoms with Gasteiger partial charge in [-0.25, -0.2) is 0 Å². The lowest BCUT2D eigenvalue weighted by molar-refractivity contribution is 0.316. The van der Waals surface area contributed by atoms with Gasteiger partial charge in [0.25, 0.3) is 0 Å². The predicted octanol–water partition coefficient (Wildman–Crippen LogP) is 0.407. The number of rotatable bonds is 4. The molecule has 1 rings (SSSR count). The summed E-state index contributed by atoms with van der Waals surface area (Å²) in [5.41, 5.74) is 5.28. The van der Waals surface area contributed by atoms with E-state index in [4.69, 9.17) is 11.1 Å². The Morgan fingerprint density at radius 3 is 2.60 bits per heavy atom. The highest BCUT2D eigenvalue weighted by Gasteiger charge is 2.27. The summed E-state index contributed by atoms with van der Waals surface area (Å²) in [6.07, 6.45) is 2.59. The molecule has 0 radical (unpaired) electrons. The summed E-state index contributed by atoms with van der Waals surface area (Å²) < 4.78 is 0. The molecule has 0 aliphatic heterocycles. The summed E-state index contributed by atoms with van der Waals surface area (Å²) in [4.78, 5) is 2.25. The zero-order valence-corrected chi connectivity index (χ0v) is 6.43. The van der Waals surface area contributed by atoms with E-state index in [0.29, 0.717) is 6.54 Å². The first kappa shape index (κ1) is 7.54. The normalized spacial score (nSPS) is 17.8. The minimum Gasteiger partial charge on any atom is -0.387 e. The van der Waals surface area contributed by atoms with Crippen LogP contribution >= 0.6 is 0 Å². The lowest BCUT2D eigenvalue weighted by Crippen LogP contribution is -2.34. The Morgan fingerprint density at radius 2 is 2.30 bits per heavy atom. The van der Waals surface area contributed by atoms with Crippen molar-refractivity contribution in [1.82, 2.24) is 4.90 Å². The number of likely N-dealkylation sites (N-methyl/N-ethyl adjacent to an activating group) is 1. The summed E-state index contributed by atoms with van der Waals surface area (Å²) in [5.74, 6) is 0.286. The van der Waals surface area contributed by atoms with Gasteiger partial charge in [-0.05, 0) is 19.4 Å². The Hall–Kier alpha value is -0.570. The zero-order valence-electron chi connectivity index (χ0n) is 6.43. The Kier molecular flexibility index (Phi) is 2.27. The van der Waals surface area contributed by atoms with Crippen LogP contribution in [0.25, 0.3) is 0 Å². The van der Waals surface area contributed by atoms with Crippen LogP contribution in [0.3, 0.4) is 0 Å². The molecule has 58 valence electrons. The smallest absolute Gasteiger partial charge is 0.105 e. The second kappa shape index (κ2) is 3.01. The fourth-order valence-corrected chi connectivity index (χ4v) is 1.16. The third-order valence-corrected chi connectivity index (χ3v) is 1.84. The number of amidine groups is 1. The van der Waals surface area contributed by atoms with E-state index in [1.807, 2.05) is 0 Å². The molecule has 1 saturated carbocycles. The summed E-state index contributed by atoms with van der Waals surface area (Å²) in [7, 11) is 0. The molecule has 0 aromatic carbocycles. The summed E-state index contributed by atoms with van der Waals surface area (Å²) in [6.45, 7) is 3.78. The summed E-state index contributed by atoms with van der Waals surface area (Å²) >= 11 is 0. The van der Waals surface area contributed by atoms with Crippen LogP contribution in [0.5, 0.6) is 0 Å². The van der Waals surface area contributed by atoms with E-state index in [0.717, 1.165) is 12.6 Å². The molecule has 1 aliphatic rings. The van der Waals surface area contributed by atoms with Crippen molar-refractivity contribution in [2.24, 2.45) is 5.73 Å². The van der Waals surface area contributed by atoms with E-state index in [9.17, 15) is 0 Å². The van der Waals surface area contributed by atoms with Gasteiger partial charge < -0.3 is 5.73 Å². The van der Waals surface area contributed by atoms with Gasteiger partial charge >= 0.3 is 0 Å². The predicted molar refractivity (Wildman–Crippen MR) is 42.2 cm³/mol. The van der Waals surface area contributed by atoms with Gasteiger partial charge in [-0.3, -0.25) is 10.3 Å². The third-order valence-electron chi connectivity index (χ3n) is 1.84. The van der Waals surface area contributed by atoms with Crippen LogP contribution in [0.4, 0.5) is 0 Å². The van der Waals surface area contributed by atoms with Crippen LogP contribution in [-0.2, 0) is 0 Å². The molecule has 0 aromatic rings. The first-order valence-electron chi connectivity index (χ1n) is 3.81. The van der Waals surface area contributed by atoms with Gasteiger partial charge in [0.15, 0.2) is 0 Å². The number of nitrogens with zero attached hydrogens (tertiary/aromatic N) is 1. The lowest BCUT2D eigenvalue weighted by Gasteiger charge is -2.17. The number of hydrogen-bond acceptors (Lipinski definition) is 2. The quantitative estimate of drug-likeness (QED) is 0.440. The number of nitrogens with two attached hydrogens (primary N) is 1. The Balaban J connectivity index is 2.25. The molecular formula is C7H15N3. The van der Waals surface area contributed by atoms with Gasteiger partial charge in [0.05, 0.1) is 6.54 Å². The molecule has 0 spiro atoms. The van der Waals surface area contributed by atoms with Crippen molar-refractivity contribution in [3.63, 3.8) is 0 Å². The van der Waals surface area contributed by atoms with Crippen molar-refractivity contribution >= 4 is 5.84 Å². The van der Waals surface area contributed by atoms with Gasteiger partial charge in [-0.2, -0.15) is 0 Å². The molecule has 0 unspecified atom stereocenters. The Labute approximate surface area is 61.7 Å². The van der Waals surface area contributed by atoms with E-state index in [1.54, 1.807) is 0 Å². The molecule has 3 heteroatoms. The van der Waals surface area contributed by atoms with E-state index in [1.165, 1.54) is 12.8 Å². The molecule has 3 N–H and O–H groups in total. The fraction of sp³-hybridized carbons (Fsp3) is 0.857. The van der Waals surface area contributed by atoms with Crippen molar-refractivity contribution in [2.45, 2.75) is 25.8 Å². The van der Waals surface area contributed by atoms with Gasteiger partial charge in [0.2, 0.25) is 0 Å². The van der Waals surface area contributed by atoms with Gasteiger partial charge in [-0.15, -0.1) is 0 Å². The largest absolute Gasteiger partial charge is 0.387 e. The summed E-state index contributed by atoms with van der Waals surface area (Å²) in [5, 5.41) is 7.09. The highest BCUT2D eigenvalue weighted by atomic mass is 15.2. The van der Waals surface area contributed by atoms with Crippen LogP contribution < -0.4 is 5.73 Å². The zero-order chi connectivity index (χ0) is 7.56. The molecule has 1 fully saturated rings. The van der Waals surface area contributed by atoms with Crippen LogP contribution in [0.2, 0.25) is 0 Å². The summed E-state index contributed by atoms with van der Waals surface area (Å²) in [6, 6.07) is 0.730. The molecule has 0 bridgehead atoms. The van der Waals surface area contributed by atoms with E-state index < -0.39 is 0 Å². The molecule has 0 saturated heterocycles. The monoisotopic (exact) mass is 141 g/mol. The SMILES string of the molecule is CCN(CC(=N)N)C1CC1. The number of hydrogen-bond donors (Lipinski definition) is 2. The molecule has 3 nitrogen and oxygen atoms in total. The third kappa shape index (κ3) is 1.99. The Morgan fingerprint density at radius 1 is 1.70 bits per heavy atom. The van der Waals surface area contributed by atoms with Crippen LogP contribution in [-0.4, -0.2) is 29.9 Å². The first-order chi connectivity index (χ1) is 4.74. The van der Waals surface area contributed by atoms with E-state index >= 15 is 0 Å². The molecule has 1 aliphatic carbocycles. The molecule has 0 amide bonds. The van der Waals surface area contributed by atoms with Gasteiger partial charge in [0.1, 0.15) is 5.84 Å². The average molecular weight is 141 g/mol. The second-order valence-corrected chi connectivity index (χ2v) is 2.82. The maximum Gasteiger partial charge on any atom is 0.105 e. The second-order valence-electron chi connectivity index (χ2n) is 2.82.